The second kappa shape index (κ2) is 32.5. The number of carbonyl (C=O) groups excluding carboxylic acids is 2. The Bertz CT molecular complexity index is 4600. The zero-order valence-corrected chi connectivity index (χ0v) is 62.9. The molecule has 0 aliphatic heterocycles. The fourth-order valence-electron chi connectivity index (χ4n) is 19.9. The lowest BCUT2D eigenvalue weighted by molar-refractivity contribution is -0.0500. The number of carbonyl (C=O) groups is 2. The molecule has 0 unspecified atom stereocenters. The van der Waals surface area contributed by atoms with Gasteiger partial charge in [0.25, 0.3) is 0 Å². The van der Waals surface area contributed by atoms with Crippen LogP contribution in [0.1, 0.15) is 213 Å². The highest BCUT2D eigenvalue weighted by Crippen LogP contribution is 2.58. The van der Waals surface area contributed by atoms with E-state index < -0.39 is 16.8 Å². The number of nitrogens with two attached hydrogens (primary N) is 3. The van der Waals surface area contributed by atoms with Gasteiger partial charge in [0.2, 0.25) is 0 Å². The Hall–Kier alpha value is -9.13. The van der Waals surface area contributed by atoms with Crippen molar-refractivity contribution in [2.75, 3.05) is 24.3 Å². The van der Waals surface area contributed by atoms with Crippen LogP contribution in [0.25, 0.3) is 22.4 Å². The van der Waals surface area contributed by atoms with Crippen molar-refractivity contribution >= 4 is 39.8 Å². The first-order chi connectivity index (χ1) is 51.3. The normalized spacial score (nSPS) is 25.6. The number of ether oxygens (including phenoxy) is 1. The van der Waals surface area contributed by atoms with E-state index in [1.807, 2.05) is 54.6 Å². The first-order valence-corrected chi connectivity index (χ1v) is 39.5. The lowest BCUT2D eigenvalue weighted by Crippen LogP contribution is -2.48. The van der Waals surface area contributed by atoms with Crippen LogP contribution in [0.3, 0.4) is 0 Å². The van der Waals surface area contributed by atoms with E-state index in [4.69, 9.17) is 26.9 Å². The Balaban J connectivity index is 0.000000134. The number of methoxy groups -OCH3 is 1. The van der Waals surface area contributed by atoms with Crippen molar-refractivity contribution in [3.05, 3.63) is 285 Å². The minimum Gasteiger partial charge on any atom is -0.465 e. The first-order valence-electron chi connectivity index (χ1n) is 39.5. The number of anilines is 3. The van der Waals surface area contributed by atoms with Crippen LogP contribution in [0.4, 0.5) is 17.1 Å². The number of Topliss-reactive ketones (excluding diaryl/α,β-unsaturated/α-hetero) is 1. The highest BCUT2D eigenvalue weighted by atomic mass is 16.5. The van der Waals surface area contributed by atoms with E-state index in [1.165, 1.54) is 75.6 Å². The summed E-state index contributed by atoms with van der Waals surface area (Å²) in [5.74, 6) is 2.19. The van der Waals surface area contributed by atoms with Crippen LogP contribution < -0.4 is 17.2 Å². The number of fused-ring (bicyclic) bond motifs is 10. The summed E-state index contributed by atoms with van der Waals surface area (Å²) in [6, 6.07) is 75.3. The molecule has 1 heterocycles. The van der Waals surface area contributed by atoms with Gasteiger partial charge in [0.15, 0.2) is 5.78 Å². The Morgan fingerprint density at radius 2 is 0.840 bits per heavy atom. The highest BCUT2D eigenvalue weighted by Gasteiger charge is 2.53. The summed E-state index contributed by atoms with van der Waals surface area (Å²) in [5, 5.41) is 33.7. The first kappa shape index (κ1) is 75.1. The van der Waals surface area contributed by atoms with Crippen molar-refractivity contribution in [3.63, 3.8) is 0 Å². The molecule has 106 heavy (non-hydrogen) atoms. The Labute approximate surface area is 628 Å². The molecule has 6 aliphatic carbocycles. The van der Waals surface area contributed by atoms with Crippen molar-refractivity contribution < 1.29 is 29.6 Å². The summed E-state index contributed by atoms with van der Waals surface area (Å²) < 4.78 is 4.96. The smallest absolute Gasteiger partial charge is 0.337 e. The van der Waals surface area contributed by atoms with Gasteiger partial charge in [-0.05, 0) is 282 Å². The minimum atomic E-state index is -0.555. The van der Waals surface area contributed by atoms with Gasteiger partial charge in [-0.15, -0.1) is 0 Å². The van der Waals surface area contributed by atoms with Crippen molar-refractivity contribution in [2.45, 2.75) is 214 Å². The maximum absolute atomic E-state index is 13.2. The van der Waals surface area contributed by atoms with Crippen LogP contribution >= 0.6 is 0 Å². The van der Waals surface area contributed by atoms with Crippen LogP contribution in [0, 0.1) is 17.8 Å². The molecule has 9 aromatic carbocycles. The molecule has 3 saturated carbocycles. The lowest BCUT2D eigenvalue weighted by atomic mass is 9.55. The SMILES string of the molecule is CC[C@@]1(O)CC[C@@]2(Cc3ccccc3)c3ccc(-c4nc5ccccc5[nH]4)cc3CCC[C@H]2C1.CC[C@@]1(O)CC[C@@]2(Cc3ccccc3)c3ccc(C(=O)Cc4ccccc4N)cc3CCC[C@H]2C1.CC[C@@]1(O)CC[C@@]2(Cc3ccccc3)c3ccc(C(=O)OC)cc3CCC[C@H]2C1.Nc1ccccc1N. The summed E-state index contributed by atoms with van der Waals surface area (Å²) >= 11 is 0. The Morgan fingerprint density at radius 3 is 1.26 bits per heavy atom. The number of aliphatic hydroxyl groups is 3. The van der Waals surface area contributed by atoms with Crippen molar-refractivity contribution in [2.24, 2.45) is 17.8 Å². The van der Waals surface area contributed by atoms with Crippen molar-refractivity contribution in [3.8, 4) is 11.4 Å². The summed E-state index contributed by atoms with van der Waals surface area (Å²) in [7, 11) is 1.44. The molecule has 10 N–H and O–H groups in total. The molecule has 552 valence electrons. The average molecular weight is 1420 g/mol. The molecule has 1 aromatic heterocycles. The molecular formula is C95H111N5O6. The largest absolute Gasteiger partial charge is 0.465 e. The summed E-state index contributed by atoms with van der Waals surface area (Å²) in [6.07, 6.45) is 23.9. The second-order valence-electron chi connectivity index (χ2n) is 32.2. The number of para-hydroxylation sites is 5. The summed E-state index contributed by atoms with van der Waals surface area (Å²) in [5.41, 5.74) is 35.4. The van der Waals surface area contributed by atoms with Gasteiger partial charge in [0.1, 0.15) is 5.82 Å². The van der Waals surface area contributed by atoms with Gasteiger partial charge in [0.05, 0.1) is 51.9 Å². The number of nitrogens with zero attached hydrogens (tertiary/aromatic N) is 1. The molecule has 6 aliphatic rings. The van der Waals surface area contributed by atoms with E-state index in [1.54, 1.807) is 12.1 Å². The molecule has 3 fully saturated rings. The number of H-pyrrole nitrogens is 1. The van der Waals surface area contributed by atoms with E-state index in [-0.39, 0.29) is 28.0 Å². The van der Waals surface area contributed by atoms with Gasteiger partial charge >= 0.3 is 5.97 Å². The van der Waals surface area contributed by atoms with E-state index >= 15 is 0 Å². The molecular weight excluding hydrogens is 1310 g/mol. The number of aromatic nitrogens is 2. The third kappa shape index (κ3) is 16.2. The number of esters is 1. The molecule has 0 saturated heterocycles. The van der Waals surface area contributed by atoms with E-state index in [2.05, 4.69) is 177 Å². The molecule has 0 spiro atoms. The van der Waals surface area contributed by atoms with Crippen LogP contribution in [-0.4, -0.2) is 61.0 Å². The predicted octanol–water partition coefficient (Wildman–Crippen LogP) is 19.5. The highest BCUT2D eigenvalue weighted by molar-refractivity contribution is 5.98. The maximum atomic E-state index is 13.2. The van der Waals surface area contributed by atoms with Gasteiger partial charge < -0.3 is 42.2 Å². The van der Waals surface area contributed by atoms with Crippen LogP contribution in [0.5, 0.6) is 0 Å². The molecule has 0 amide bonds. The van der Waals surface area contributed by atoms with Crippen LogP contribution in [-0.2, 0) is 65.9 Å². The fourth-order valence-corrected chi connectivity index (χ4v) is 19.9. The Kier molecular flexibility index (Phi) is 23.1. The zero-order chi connectivity index (χ0) is 74.1. The number of nitrogens with one attached hydrogen (secondary N) is 1. The van der Waals surface area contributed by atoms with E-state index in [0.717, 1.165) is 169 Å². The average Bonchev–Trinajstić information content (AvgIpc) is 1.34. The number of aryl methyl sites for hydroxylation is 3. The molecule has 0 bridgehead atoms. The number of ketones is 1. The fraction of sp³-hybridized carbons (Fsp3) is 0.400. The molecule has 16 rings (SSSR count). The number of hydrogen-bond donors (Lipinski definition) is 7. The lowest BCUT2D eigenvalue weighted by Gasteiger charge is -2.50. The topological polar surface area (TPSA) is 211 Å². The summed E-state index contributed by atoms with van der Waals surface area (Å²) in [6.45, 7) is 6.37. The monoisotopic (exact) mass is 1420 g/mol. The van der Waals surface area contributed by atoms with Crippen LogP contribution in [0.15, 0.2) is 218 Å². The van der Waals surface area contributed by atoms with Gasteiger partial charge in [-0.2, -0.15) is 0 Å². The zero-order valence-electron chi connectivity index (χ0n) is 62.9. The van der Waals surface area contributed by atoms with Gasteiger partial charge in [-0.1, -0.05) is 185 Å². The standard InChI is InChI=1S/C32H37NO2.C31H34N2O.C26H32O3.C6H8N2/c1-2-31(35)17-18-32(21-23-9-4-3-5-10-23)27(22-31)13-8-12-24-19-26(15-16-28(24)32)30(34)20-25-11-6-7-14-29(25)33;1-2-30(34)17-18-31(20-22-9-4-3-5-10-22)25(21-30)12-8-11-23-19-24(15-16-26(23)31)29-32-27-13-6-7-14-28(27)33-29;1-3-25(28)14-15-26(17-19-8-5-4-6-9-19)22(18-25)11-7-10-20-16-21(24(27)29-2)12-13-23(20)26;7-5-3-1-2-4-6(5)8/h3-7,9-11,14-16,19,27,35H,2,8,12-13,17-18,20-22,33H2,1H3;3-7,9-10,13-16,19,25,34H,2,8,11-12,17-18,20-21H2,1H3,(H,32,33);4-6,8-9,12-13,16,22,28H,3,7,10-11,14-15,17-18H2,1-2H3;1-4H,7-8H2/t27-,31+,32-;25-,30+,31-;22-,25+,26-;/m000./s1. The maximum Gasteiger partial charge on any atom is 0.337 e. The second-order valence-corrected chi connectivity index (χ2v) is 32.2. The molecule has 11 heteroatoms. The number of aromatic amines is 1. The number of benzene rings is 9. The number of hydrogen-bond acceptors (Lipinski definition) is 10. The van der Waals surface area contributed by atoms with E-state index in [0.29, 0.717) is 46.8 Å². The number of rotatable bonds is 14. The van der Waals surface area contributed by atoms with Gasteiger partial charge in [-0.25, -0.2) is 9.78 Å². The molecule has 10 aromatic rings. The molecule has 0 radical (unpaired) electrons. The van der Waals surface area contributed by atoms with Gasteiger partial charge in [0, 0.05) is 39.5 Å². The van der Waals surface area contributed by atoms with Crippen molar-refractivity contribution in [1.29, 1.82) is 0 Å². The van der Waals surface area contributed by atoms with Crippen LogP contribution in [0.2, 0.25) is 0 Å². The van der Waals surface area contributed by atoms with Gasteiger partial charge in [-0.3, -0.25) is 4.79 Å². The number of nitrogen functional groups attached to an aromatic ring is 3. The number of imidazole rings is 1. The quantitative estimate of drug-likeness (QED) is 0.0311. The third-order valence-corrected chi connectivity index (χ3v) is 26.1. The third-order valence-electron chi connectivity index (χ3n) is 26.1. The van der Waals surface area contributed by atoms with Crippen molar-refractivity contribution in [1.82, 2.24) is 9.97 Å². The predicted molar refractivity (Wildman–Crippen MR) is 432 cm³/mol. The minimum absolute atomic E-state index is 0.0000223. The molecule has 9 atom stereocenters. The summed E-state index contributed by atoms with van der Waals surface area (Å²) in [4.78, 5) is 33.7. The molecule has 11 nitrogen and oxygen atoms in total. The Morgan fingerprint density at radius 1 is 0.453 bits per heavy atom. The van der Waals surface area contributed by atoms with E-state index in [9.17, 15) is 24.9 Å².